The molecule has 5 rings (SSSR count). The van der Waals surface area contributed by atoms with Crippen LogP contribution in [-0.4, -0.2) is 67.3 Å². The van der Waals surface area contributed by atoms with Crippen LogP contribution in [0.1, 0.15) is 74.0 Å². The second kappa shape index (κ2) is 11.5. The van der Waals surface area contributed by atoms with Crippen molar-refractivity contribution in [3.05, 3.63) is 39.1 Å². The molecule has 1 aromatic carbocycles. The van der Waals surface area contributed by atoms with E-state index in [1.165, 1.54) is 0 Å². The third-order valence-electron chi connectivity index (χ3n) is 8.94. The smallest absolute Gasteiger partial charge is 0.435 e. The van der Waals surface area contributed by atoms with Gasteiger partial charge in [0.15, 0.2) is 5.69 Å². The standard InChI is InChI=1S/C28H33BrF3N5O5/c1-27(26(40)41)11-4-3-6-17(27)25(39)37-13-10-16-18(29)8-9-21(23(16)20(37)14-36-12-5-7-22(36)38)42-15-19-24(28(30,31)32)35(2)34-33-19/h8-9,17,20H,3-7,10-15H2,1-2H3,(H,40,41)/t17?,20-,27?/m1/s1. The Morgan fingerprint density at radius 3 is 2.62 bits per heavy atom. The number of fused-ring (bicyclic) bond motifs is 1. The molecule has 3 heterocycles. The predicted molar refractivity (Wildman–Crippen MR) is 146 cm³/mol. The van der Waals surface area contributed by atoms with E-state index in [-0.39, 0.29) is 29.8 Å². The van der Waals surface area contributed by atoms with Crippen molar-refractivity contribution in [1.29, 1.82) is 0 Å². The van der Waals surface area contributed by atoms with Gasteiger partial charge in [-0.05, 0) is 50.3 Å². The number of rotatable bonds is 7. The lowest BCUT2D eigenvalue weighted by Gasteiger charge is -2.45. The van der Waals surface area contributed by atoms with E-state index < -0.39 is 41.8 Å². The predicted octanol–water partition coefficient (Wildman–Crippen LogP) is 4.50. The van der Waals surface area contributed by atoms with Crippen LogP contribution in [0.15, 0.2) is 16.6 Å². The minimum absolute atomic E-state index is 0.0468. The van der Waals surface area contributed by atoms with Crippen molar-refractivity contribution >= 4 is 33.7 Å². The number of hydrogen-bond acceptors (Lipinski definition) is 6. The summed E-state index contributed by atoms with van der Waals surface area (Å²) in [6.45, 7) is 2.09. The molecule has 3 atom stereocenters. The topological polar surface area (TPSA) is 118 Å². The molecule has 1 N–H and O–H groups in total. The molecule has 14 heteroatoms. The maximum Gasteiger partial charge on any atom is 0.435 e. The molecule has 2 unspecified atom stereocenters. The molecule has 2 amide bonds. The monoisotopic (exact) mass is 655 g/mol. The zero-order chi connectivity index (χ0) is 30.4. The van der Waals surface area contributed by atoms with Gasteiger partial charge in [0.05, 0.1) is 17.4 Å². The second-order valence-corrected chi connectivity index (χ2v) is 12.3. The molecular formula is C28H33BrF3N5O5. The molecule has 228 valence electrons. The van der Waals surface area contributed by atoms with Gasteiger partial charge in [0.1, 0.15) is 18.1 Å². The van der Waals surface area contributed by atoms with Gasteiger partial charge in [-0.1, -0.05) is 34.0 Å². The Labute approximate surface area is 249 Å². The third-order valence-corrected chi connectivity index (χ3v) is 9.69. The molecule has 3 aliphatic rings. The van der Waals surface area contributed by atoms with E-state index in [1.54, 1.807) is 28.9 Å². The Kier molecular flexibility index (Phi) is 8.29. The summed E-state index contributed by atoms with van der Waals surface area (Å²) < 4.78 is 48.4. The molecule has 0 spiro atoms. The number of benzene rings is 1. The number of alkyl halides is 3. The van der Waals surface area contributed by atoms with Gasteiger partial charge in [0.25, 0.3) is 0 Å². The van der Waals surface area contributed by atoms with Crippen molar-refractivity contribution in [3.63, 3.8) is 0 Å². The number of carbonyl (C=O) groups excluding carboxylic acids is 2. The second-order valence-electron chi connectivity index (χ2n) is 11.5. The number of carbonyl (C=O) groups is 3. The molecule has 10 nitrogen and oxygen atoms in total. The van der Waals surface area contributed by atoms with Gasteiger partial charge >= 0.3 is 12.1 Å². The fourth-order valence-electron chi connectivity index (χ4n) is 6.64. The molecule has 2 aliphatic heterocycles. The van der Waals surface area contributed by atoms with E-state index in [0.29, 0.717) is 61.9 Å². The summed E-state index contributed by atoms with van der Waals surface area (Å²) in [6.07, 6.45) is -0.920. The number of aromatic nitrogens is 3. The molecule has 1 saturated heterocycles. The lowest BCUT2D eigenvalue weighted by Crippen LogP contribution is -2.52. The van der Waals surface area contributed by atoms with Gasteiger partial charge in [-0.3, -0.25) is 14.4 Å². The SMILES string of the molecule is Cn1nnc(COc2ccc(Br)c3c2[C@@H](CN2CCCC2=O)N(C(=O)C2CCCCC2(C)C(=O)O)CC3)c1C(F)(F)F. The summed E-state index contributed by atoms with van der Waals surface area (Å²) in [5, 5.41) is 17.3. The third kappa shape index (κ3) is 5.49. The van der Waals surface area contributed by atoms with E-state index >= 15 is 0 Å². The van der Waals surface area contributed by atoms with Crippen molar-refractivity contribution in [1.82, 2.24) is 24.8 Å². The van der Waals surface area contributed by atoms with Crippen LogP contribution in [0, 0.1) is 11.3 Å². The molecule has 42 heavy (non-hydrogen) atoms. The number of carboxylic acid groups (broad SMARTS) is 1. The summed E-state index contributed by atoms with van der Waals surface area (Å²) in [5.74, 6) is -1.82. The number of amides is 2. The number of aliphatic carboxylic acids is 1. The number of aryl methyl sites for hydroxylation is 1. The maximum atomic E-state index is 14.2. The molecule has 0 bridgehead atoms. The highest BCUT2D eigenvalue weighted by molar-refractivity contribution is 9.10. The van der Waals surface area contributed by atoms with Gasteiger partial charge in [0, 0.05) is 43.1 Å². The molecule has 1 aromatic heterocycles. The van der Waals surface area contributed by atoms with Crippen molar-refractivity contribution in [2.45, 2.75) is 70.7 Å². The van der Waals surface area contributed by atoms with Gasteiger partial charge in [-0.15, -0.1) is 5.10 Å². The zero-order valence-electron chi connectivity index (χ0n) is 23.4. The lowest BCUT2D eigenvalue weighted by molar-refractivity contribution is -0.162. The summed E-state index contributed by atoms with van der Waals surface area (Å²) in [6, 6.07) is 2.69. The molecule has 0 radical (unpaired) electrons. The summed E-state index contributed by atoms with van der Waals surface area (Å²) in [7, 11) is 1.16. The van der Waals surface area contributed by atoms with E-state index in [1.807, 2.05) is 0 Å². The lowest BCUT2D eigenvalue weighted by atomic mass is 9.66. The Balaban J connectivity index is 1.54. The van der Waals surface area contributed by atoms with Crippen LogP contribution in [-0.2, 0) is 40.6 Å². The summed E-state index contributed by atoms with van der Waals surface area (Å²) in [5.41, 5.74) is -1.20. The van der Waals surface area contributed by atoms with Gasteiger partial charge in [-0.2, -0.15) is 13.2 Å². The van der Waals surface area contributed by atoms with E-state index in [2.05, 4.69) is 26.2 Å². The van der Waals surface area contributed by atoms with Crippen LogP contribution in [0.25, 0.3) is 0 Å². The van der Waals surface area contributed by atoms with Gasteiger partial charge in [0.2, 0.25) is 11.8 Å². The Hall–Kier alpha value is -3.16. The minimum atomic E-state index is -4.69. The highest BCUT2D eigenvalue weighted by atomic mass is 79.9. The van der Waals surface area contributed by atoms with E-state index in [0.717, 1.165) is 23.5 Å². The molecule has 1 saturated carbocycles. The minimum Gasteiger partial charge on any atom is -0.487 e. The summed E-state index contributed by atoms with van der Waals surface area (Å²) >= 11 is 3.58. The first-order valence-electron chi connectivity index (χ1n) is 14.0. The number of likely N-dealkylation sites (tertiary alicyclic amines) is 1. The zero-order valence-corrected chi connectivity index (χ0v) is 25.0. The first-order valence-corrected chi connectivity index (χ1v) is 14.8. The first kappa shape index (κ1) is 30.3. The van der Waals surface area contributed by atoms with Crippen LogP contribution >= 0.6 is 15.9 Å². The number of nitrogens with zero attached hydrogens (tertiary/aromatic N) is 5. The van der Waals surface area contributed by atoms with Crippen LogP contribution in [0.3, 0.4) is 0 Å². The largest absolute Gasteiger partial charge is 0.487 e. The average molecular weight is 657 g/mol. The number of hydrogen-bond donors (Lipinski definition) is 1. The van der Waals surface area contributed by atoms with Crippen LogP contribution < -0.4 is 4.74 Å². The maximum absolute atomic E-state index is 14.2. The highest BCUT2D eigenvalue weighted by Crippen LogP contribution is 2.46. The normalized spacial score (nSPS) is 24.6. The van der Waals surface area contributed by atoms with Gasteiger partial charge < -0.3 is 19.6 Å². The van der Waals surface area contributed by atoms with Crippen molar-refractivity contribution in [3.8, 4) is 5.75 Å². The van der Waals surface area contributed by atoms with Crippen LogP contribution in [0.2, 0.25) is 0 Å². The molecule has 2 aromatic rings. The van der Waals surface area contributed by atoms with E-state index in [4.69, 9.17) is 4.74 Å². The van der Waals surface area contributed by atoms with Crippen molar-refractivity contribution < 1.29 is 37.4 Å². The first-order chi connectivity index (χ1) is 19.8. The fourth-order valence-corrected chi connectivity index (χ4v) is 7.19. The Bertz CT molecular complexity index is 1400. The molecule has 2 fully saturated rings. The van der Waals surface area contributed by atoms with E-state index in [9.17, 15) is 32.7 Å². The molecule has 1 aliphatic carbocycles. The Morgan fingerprint density at radius 2 is 1.95 bits per heavy atom. The van der Waals surface area contributed by atoms with Crippen LogP contribution in [0.5, 0.6) is 5.75 Å². The summed E-state index contributed by atoms with van der Waals surface area (Å²) in [4.78, 5) is 42.6. The highest BCUT2D eigenvalue weighted by Gasteiger charge is 2.50. The average Bonchev–Trinajstić information content (AvgIpc) is 3.52. The van der Waals surface area contributed by atoms with Crippen molar-refractivity contribution in [2.24, 2.45) is 18.4 Å². The van der Waals surface area contributed by atoms with Gasteiger partial charge in [-0.25, -0.2) is 4.68 Å². The quantitative estimate of drug-likeness (QED) is 0.467. The van der Waals surface area contributed by atoms with Crippen molar-refractivity contribution in [2.75, 3.05) is 19.6 Å². The number of ether oxygens (including phenoxy) is 1. The fraction of sp³-hybridized carbons (Fsp3) is 0.607. The molecular weight excluding hydrogens is 623 g/mol. The van der Waals surface area contributed by atoms with Crippen LogP contribution in [0.4, 0.5) is 13.2 Å². The number of carboxylic acids is 1. The Morgan fingerprint density at radius 1 is 1.19 bits per heavy atom. The number of halogens is 4.